The minimum absolute atomic E-state index is 0.157. The summed E-state index contributed by atoms with van der Waals surface area (Å²) < 4.78 is 6.66. The molecule has 100 valence electrons. The second kappa shape index (κ2) is 5.51. The van der Waals surface area contributed by atoms with Crippen LogP contribution in [0.1, 0.15) is 16.1 Å². The number of ether oxygens (including phenoxy) is 1. The Morgan fingerprint density at radius 3 is 2.89 bits per heavy atom. The fourth-order valence-electron chi connectivity index (χ4n) is 1.76. The van der Waals surface area contributed by atoms with Crippen LogP contribution in [0, 0.1) is 0 Å². The number of benzene rings is 1. The quantitative estimate of drug-likeness (QED) is 0.825. The van der Waals surface area contributed by atoms with E-state index in [4.69, 9.17) is 4.74 Å². The van der Waals surface area contributed by atoms with Gasteiger partial charge < -0.3 is 9.64 Å². The molecule has 0 spiro atoms. The summed E-state index contributed by atoms with van der Waals surface area (Å²) in [5.41, 5.74) is 1.34. The fraction of sp³-hybridized carbons (Fsp3) is 0.308. The van der Waals surface area contributed by atoms with E-state index in [9.17, 15) is 4.79 Å². The van der Waals surface area contributed by atoms with Crippen molar-refractivity contribution in [1.82, 2.24) is 19.9 Å². The average molecular weight is 260 g/mol. The number of aromatic nitrogens is 3. The highest BCUT2D eigenvalue weighted by molar-refractivity contribution is 5.91. The van der Waals surface area contributed by atoms with E-state index in [-0.39, 0.29) is 5.91 Å². The van der Waals surface area contributed by atoms with Gasteiger partial charge in [0.15, 0.2) is 5.69 Å². The number of amides is 1. The van der Waals surface area contributed by atoms with Crippen LogP contribution in [0.2, 0.25) is 0 Å². The highest BCUT2D eigenvalue weighted by Gasteiger charge is 2.15. The molecular weight excluding hydrogens is 244 g/mol. The molecule has 0 radical (unpaired) electrons. The molecule has 2 rings (SSSR count). The molecule has 1 aromatic carbocycles. The Hall–Kier alpha value is -2.37. The normalized spacial score (nSPS) is 10.3. The van der Waals surface area contributed by atoms with Crippen molar-refractivity contribution in [2.24, 2.45) is 7.05 Å². The lowest BCUT2D eigenvalue weighted by Gasteiger charge is -2.16. The molecule has 0 fully saturated rings. The summed E-state index contributed by atoms with van der Waals surface area (Å²) in [5, 5.41) is 7.56. The number of methoxy groups -OCH3 is 1. The molecule has 0 saturated carbocycles. The first-order valence-electron chi connectivity index (χ1n) is 5.85. The van der Waals surface area contributed by atoms with E-state index in [1.54, 1.807) is 32.3 Å². The van der Waals surface area contributed by atoms with Crippen molar-refractivity contribution < 1.29 is 9.53 Å². The zero-order chi connectivity index (χ0) is 13.8. The zero-order valence-electron chi connectivity index (χ0n) is 11.2. The molecule has 19 heavy (non-hydrogen) atoms. The van der Waals surface area contributed by atoms with Gasteiger partial charge in [-0.05, 0) is 17.7 Å². The van der Waals surface area contributed by atoms with Crippen molar-refractivity contribution in [3.05, 3.63) is 41.7 Å². The summed E-state index contributed by atoms with van der Waals surface area (Å²) in [6.07, 6.45) is 1.60. The third kappa shape index (κ3) is 3.09. The minimum atomic E-state index is -0.157. The SMILES string of the molecule is COc1cccc(CN(C)C(=O)c2cn(C)nn2)c1. The van der Waals surface area contributed by atoms with Crippen molar-refractivity contribution >= 4 is 5.91 Å². The number of aryl methyl sites for hydroxylation is 1. The maximum absolute atomic E-state index is 12.1. The monoisotopic (exact) mass is 260 g/mol. The molecule has 2 aromatic rings. The van der Waals surface area contributed by atoms with Gasteiger partial charge >= 0.3 is 0 Å². The molecule has 1 heterocycles. The fourth-order valence-corrected chi connectivity index (χ4v) is 1.76. The lowest BCUT2D eigenvalue weighted by atomic mass is 10.2. The Morgan fingerprint density at radius 2 is 2.26 bits per heavy atom. The third-order valence-corrected chi connectivity index (χ3v) is 2.72. The second-order valence-corrected chi connectivity index (χ2v) is 4.29. The first-order valence-corrected chi connectivity index (χ1v) is 5.85. The minimum Gasteiger partial charge on any atom is -0.497 e. The van der Waals surface area contributed by atoms with Gasteiger partial charge in [-0.3, -0.25) is 9.48 Å². The lowest BCUT2D eigenvalue weighted by Crippen LogP contribution is -2.26. The van der Waals surface area contributed by atoms with Gasteiger partial charge in [0.2, 0.25) is 0 Å². The largest absolute Gasteiger partial charge is 0.497 e. The summed E-state index contributed by atoms with van der Waals surface area (Å²) in [4.78, 5) is 13.7. The van der Waals surface area contributed by atoms with Crippen LogP contribution in [0.15, 0.2) is 30.5 Å². The molecule has 0 N–H and O–H groups in total. The molecule has 6 heteroatoms. The van der Waals surface area contributed by atoms with Crippen LogP contribution >= 0.6 is 0 Å². The van der Waals surface area contributed by atoms with Crippen LogP contribution in [0.5, 0.6) is 5.75 Å². The van der Waals surface area contributed by atoms with Crippen LogP contribution in [-0.4, -0.2) is 40.0 Å². The number of hydrogen-bond acceptors (Lipinski definition) is 4. The van der Waals surface area contributed by atoms with Crippen LogP contribution in [-0.2, 0) is 13.6 Å². The van der Waals surface area contributed by atoms with E-state index in [0.717, 1.165) is 11.3 Å². The summed E-state index contributed by atoms with van der Waals surface area (Å²) in [6, 6.07) is 7.62. The van der Waals surface area contributed by atoms with Crippen LogP contribution in [0.4, 0.5) is 0 Å². The van der Waals surface area contributed by atoms with Gasteiger partial charge in [0.1, 0.15) is 5.75 Å². The molecule has 0 aliphatic rings. The smallest absolute Gasteiger partial charge is 0.276 e. The maximum Gasteiger partial charge on any atom is 0.276 e. The van der Waals surface area contributed by atoms with Crippen LogP contribution in [0.3, 0.4) is 0 Å². The first kappa shape index (κ1) is 13.1. The van der Waals surface area contributed by atoms with E-state index >= 15 is 0 Å². The maximum atomic E-state index is 12.1. The van der Waals surface area contributed by atoms with Gasteiger partial charge in [-0.15, -0.1) is 5.10 Å². The Balaban J connectivity index is 2.07. The Kier molecular flexibility index (Phi) is 3.79. The van der Waals surface area contributed by atoms with Crippen LogP contribution in [0.25, 0.3) is 0 Å². The van der Waals surface area contributed by atoms with Gasteiger partial charge in [0, 0.05) is 20.6 Å². The molecule has 0 saturated heterocycles. The van der Waals surface area contributed by atoms with Gasteiger partial charge in [0.25, 0.3) is 5.91 Å². The summed E-state index contributed by atoms with van der Waals surface area (Å²) in [7, 11) is 5.08. The third-order valence-electron chi connectivity index (χ3n) is 2.72. The molecule has 0 atom stereocenters. The van der Waals surface area contributed by atoms with Crippen LogP contribution < -0.4 is 4.74 Å². The topological polar surface area (TPSA) is 60.2 Å². The Morgan fingerprint density at radius 1 is 1.47 bits per heavy atom. The Bertz CT molecular complexity index is 580. The van der Waals surface area contributed by atoms with Crippen molar-refractivity contribution in [3.8, 4) is 5.75 Å². The molecule has 1 amide bonds. The van der Waals surface area contributed by atoms with E-state index < -0.39 is 0 Å². The molecule has 1 aromatic heterocycles. The van der Waals surface area contributed by atoms with Gasteiger partial charge in [-0.1, -0.05) is 17.3 Å². The molecule has 0 bridgehead atoms. The number of hydrogen-bond donors (Lipinski definition) is 0. The number of carbonyl (C=O) groups excluding carboxylic acids is 1. The highest BCUT2D eigenvalue weighted by Crippen LogP contribution is 2.14. The highest BCUT2D eigenvalue weighted by atomic mass is 16.5. The van der Waals surface area contributed by atoms with E-state index in [2.05, 4.69) is 10.3 Å². The van der Waals surface area contributed by atoms with E-state index in [0.29, 0.717) is 12.2 Å². The number of carbonyl (C=O) groups is 1. The van der Waals surface area contributed by atoms with Gasteiger partial charge in [-0.2, -0.15) is 0 Å². The predicted octanol–water partition coefficient (Wildman–Crippen LogP) is 1.10. The Labute approximate surface area is 111 Å². The zero-order valence-corrected chi connectivity index (χ0v) is 11.2. The first-order chi connectivity index (χ1) is 9.10. The lowest BCUT2D eigenvalue weighted by molar-refractivity contribution is 0.0779. The molecule has 0 unspecified atom stereocenters. The molecule has 0 aliphatic heterocycles. The van der Waals surface area contributed by atoms with Crippen molar-refractivity contribution in [2.75, 3.05) is 14.2 Å². The molecule has 6 nitrogen and oxygen atoms in total. The van der Waals surface area contributed by atoms with Crippen molar-refractivity contribution in [3.63, 3.8) is 0 Å². The molecular formula is C13H16N4O2. The van der Waals surface area contributed by atoms with Crippen molar-refractivity contribution in [2.45, 2.75) is 6.54 Å². The van der Waals surface area contributed by atoms with Crippen molar-refractivity contribution in [1.29, 1.82) is 0 Å². The second-order valence-electron chi connectivity index (χ2n) is 4.29. The average Bonchev–Trinajstić information content (AvgIpc) is 2.84. The van der Waals surface area contributed by atoms with Gasteiger partial charge in [0.05, 0.1) is 13.3 Å². The van der Waals surface area contributed by atoms with E-state index in [1.165, 1.54) is 4.68 Å². The summed E-state index contributed by atoms with van der Waals surface area (Å²) in [6.45, 7) is 0.493. The van der Waals surface area contributed by atoms with Gasteiger partial charge in [-0.25, -0.2) is 0 Å². The number of rotatable bonds is 4. The summed E-state index contributed by atoms with van der Waals surface area (Å²) >= 11 is 0. The molecule has 0 aliphatic carbocycles. The van der Waals surface area contributed by atoms with E-state index in [1.807, 2.05) is 24.3 Å². The standard InChI is InChI=1S/C13H16N4O2/c1-16(13(18)12-9-17(2)15-14-12)8-10-5-4-6-11(7-10)19-3/h4-7,9H,8H2,1-3H3. The number of nitrogens with zero attached hydrogens (tertiary/aromatic N) is 4. The predicted molar refractivity (Wildman–Crippen MR) is 69.8 cm³/mol. The summed E-state index contributed by atoms with van der Waals surface area (Å²) in [5.74, 6) is 0.619.